The molecule has 1 fully saturated rings. The van der Waals surface area contributed by atoms with Gasteiger partial charge in [0.05, 0.1) is 11.3 Å². The summed E-state index contributed by atoms with van der Waals surface area (Å²) in [4.78, 5) is 16.0. The second kappa shape index (κ2) is 11.1. The summed E-state index contributed by atoms with van der Waals surface area (Å²) >= 11 is 0. The van der Waals surface area contributed by atoms with Crippen LogP contribution in [0.4, 0.5) is 38.1 Å². The summed E-state index contributed by atoms with van der Waals surface area (Å²) in [6.07, 6.45) is -4.66. The lowest BCUT2D eigenvalue weighted by molar-refractivity contribution is -0.138. The first-order chi connectivity index (χ1) is 16.1. The maximum Gasteiger partial charge on any atom is 0.488 e. The van der Waals surface area contributed by atoms with Crippen LogP contribution in [0.1, 0.15) is 11.1 Å². The zero-order valence-corrected chi connectivity index (χ0v) is 18.1. The van der Waals surface area contributed by atoms with Gasteiger partial charge in [-0.3, -0.25) is 9.80 Å². The third-order valence-electron chi connectivity index (χ3n) is 5.47. The van der Waals surface area contributed by atoms with Crippen LogP contribution in [0.3, 0.4) is 0 Å². The van der Waals surface area contributed by atoms with Crippen molar-refractivity contribution in [1.82, 2.24) is 9.80 Å². The molecule has 1 saturated heterocycles. The number of rotatable bonds is 7. The predicted molar refractivity (Wildman–Crippen MR) is 118 cm³/mol. The zero-order valence-electron chi connectivity index (χ0n) is 18.1. The number of carbonyl (C=O) groups is 1. The van der Waals surface area contributed by atoms with E-state index < -0.39 is 37.4 Å². The average molecular weight is 486 g/mol. The van der Waals surface area contributed by atoms with Crippen molar-refractivity contribution in [3.63, 3.8) is 0 Å². The fourth-order valence-corrected chi connectivity index (χ4v) is 3.67. The van der Waals surface area contributed by atoms with Crippen molar-refractivity contribution in [3.05, 3.63) is 53.3 Å². The van der Waals surface area contributed by atoms with Crippen LogP contribution in [0.2, 0.25) is 0 Å². The first-order valence-electron chi connectivity index (χ1n) is 10.5. The molecule has 7 nitrogen and oxygen atoms in total. The number of carbonyl (C=O) groups excluding carboxylic acids is 1. The highest BCUT2D eigenvalue weighted by Gasteiger charge is 2.34. The second-order valence-electron chi connectivity index (χ2n) is 7.87. The number of halogens is 5. The minimum absolute atomic E-state index is 0.0431. The molecule has 1 heterocycles. The summed E-state index contributed by atoms with van der Waals surface area (Å²) in [5, 5.41) is 22.5. The van der Waals surface area contributed by atoms with Gasteiger partial charge in [0, 0.05) is 45.0 Å². The molecule has 0 aliphatic carbocycles. The number of hydrogen-bond acceptors (Lipinski definition) is 5. The quantitative estimate of drug-likeness (QED) is 0.357. The van der Waals surface area contributed by atoms with Gasteiger partial charge < -0.3 is 20.7 Å². The largest absolute Gasteiger partial charge is 0.488 e. The summed E-state index contributed by atoms with van der Waals surface area (Å²) in [5.74, 6) is -0.946. The van der Waals surface area contributed by atoms with Gasteiger partial charge in [-0.05, 0) is 35.3 Å². The topological polar surface area (TPSA) is 88.1 Å². The number of anilines is 2. The van der Waals surface area contributed by atoms with E-state index in [2.05, 4.69) is 10.6 Å². The van der Waals surface area contributed by atoms with Gasteiger partial charge in [-0.1, -0.05) is 12.1 Å². The van der Waals surface area contributed by atoms with Gasteiger partial charge in [-0.15, -0.1) is 0 Å². The molecule has 0 atom stereocenters. The Bertz CT molecular complexity index is 1000. The van der Waals surface area contributed by atoms with Gasteiger partial charge in [0.25, 0.3) is 0 Å². The van der Waals surface area contributed by atoms with Gasteiger partial charge in [-0.25, -0.2) is 13.6 Å². The monoisotopic (exact) mass is 486 g/mol. The lowest BCUT2D eigenvalue weighted by atomic mass is 9.80. The van der Waals surface area contributed by atoms with Crippen LogP contribution in [-0.4, -0.2) is 72.4 Å². The van der Waals surface area contributed by atoms with E-state index in [9.17, 15) is 26.7 Å². The van der Waals surface area contributed by atoms with E-state index in [0.29, 0.717) is 32.7 Å². The number of piperazine rings is 1. The number of amides is 2. The Morgan fingerprint density at radius 1 is 1.00 bits per heavy atom. The van der Waals surface area contributed by atoms with E-state index in [1.807, 2.05) is 9.80 Å². The Morgan fingerprint density at radius 2 is 1.68 bits per heavy atom. The summed E-state index contributed by atoms with van der Waals surface area (Å²) in [5.41, 5.74) is -1.41. The highest BCUT2D eigenvalue weighted by Crippen LogP contribution is 2.34. The molecule has 34 heavy (non-hydrogen) atoms. The maximum absolute atomic E-state index is 14.0. The molecule has 1 aliphatic heterocycles. The molecule has 2 aromatic carbocycles. The van der Waals surface area contributed by atoms with Gasteiger partial charge in [0.1, 0.15) is 12.5 Å². The lowest BCUT2D eigenvalue weighted by Gasteiger charge is -2.34. The molecule has 2 aromatic rings. The van der Waals surface area contributed by atoms with E-state index in [-0.39, 0.29) is 28.9 Å². The third kappa shape index (κ3) is 6.89. The van der Waals surface area contributed by atoms with Crippen molar-refractivity contribution < 1.29 is 36.8 Å². The number of benzene rings is 2. The normalized spacial score (nSPS) is 15.3. The van der Waals surface area contributed by atoms with E-state index in [0.717, 1.165) is 18.2 Å². The third-order valence-corrected chi connectivity index (χ3v) is 5.47. The molecule has 0 spiro atoms. The first kappa shape index (κ1) is 25.9. The van der Waals surface area contributed by atoms with Crippen LogP contribution < -0.4 is 16.1 Å². The molecule has 0 bridgehead atoms. The van der Waals surface area contributed by atoms with E-state index in [1.165, 1.54) is 18.2 Å². The number of hydrogen-bond donors (Lipinski definition) is 4. The fourth-order valence-electron chi connectivity index (χ4n) is 3.67. The summed E-state index contributed by atoms with van der Waals surface area (Å²) in [7, 11) is -1.89. The highest BCUT2D eigenvalue weighted by atomic mass is 19.4. The van der Waals surface area contributed by atoms with Crippen LogP contribution >= 0.6 is 0 Å². The Balaban J connectivity index is 1.68. The molecule has 0 aromatic heterocycles. The highest BCUT2D eigenvalue weighted by molar-refractivity contribution is 6.58. The smallest absolute Gasteiger partial charge is 0.423 e. The molecule has 184 valence electrons. The fraction of sp³-hybridized carbons (Fsp3) is 0.381. The minimum Gasteiger partial charge on any atom is -0.423 e. The Kier molecular flexibility index (Phi) is 8.47. The van der Waals surface area contributed by atoms with Crippen molar-refractivity contribution in [2.45, 2.75) is 12.7 Å². The van der Waals surface area contributed by atoms with Crippen molar-refractivity contribution in [2.24, 2.45) is 0 Å². The second-order valence-corrected chi connectivity index (χ2v) is 7.87. The summed E-state index contributed by atoms with van der Waals surface area (Å²) in [6, 6.07) is 5.54. The van der Waals surface area contributed by atoms with Crippen LogP contribution in [0.15, 0.2) is 36.4 Å². The molecular weight excluding hydrogens is 462 g/mol. The van der Waals surface area contributed by atoms with Gasteiger partial charge in [-0.2, -0.15) is 13.2 Å². The van der Waals surface area contributed by atoms with Crippen LogP contribution in [0.25, 0.3) is 0 Å². The van der Waals surface area contributed by atoms with Crippen LogP contribution in [0.5, 0.6) is 0 Å². The molecule has 3 rings (SSSR count). The van der Waals surface area contributed by atoms with Gasteiger partial charge in [0.2, 0.25) is 0 Å². The molecule has 0 saturated carbocycles. The first-order valence-corrected chi connectivity index (χ1v) is 10.5. The Labute approximate surface area is 193 Å². The average Bonchev–Trinajstić information content (AvgIpc) is 2.77. The summed E-state index contributed by atoms with van der Waals surface area (Å²) < 4.78 is 67.6. The molecule has 0 radical (unpaired) electrons. The molecule has 13 heteroatoms. The van der Waals surface area contributed by atoms with E-state index in [1.54, 1.807) is 0 Å². The number of alkyl halides is 4. The van der Waals surface area contributed by atoms with Crippen LogP contribution in [0, 0.1) is 5.82 Å². The lowest BCUT2D eigenvalue weighted by Crippen LogP contribution is -2.46. The molecule has 2 amide bonds. The maximum atomic E-state index is 14.0. The number of nitrogens with zero attached hydrogens (tertiary/aromatic N) is 2. The van der Waals surface area contributed by atoms with Crippen molar-refractivity contribution >= 4 is 30.0 Å². The van der Waals surface area contributed by atoms with Crippen LogP contribution in [-0.2, 0) is 12.7 Å². The number of nitrogens with one attached hydrogen (secondary N) is 2. The Morgan fingerprint density at radius 3 is 2.26 bits per heavy atom. The van der Waals surface area contributed by atoms with Crippen molar-refractivity contribution in [1.29, 1.82) is 0 Å². The molecular formula is C21H24BF5N4O3. The van der Waals surface area contributed by atoms with Gasteiger partial charge >= 0.3 is 19.3 Å². The number of urea groups is 1. The predicted octanol–water partition coefficient (Wildman–Crippen LogP) is 2.26. The van der Waals surface area contributed by atoms with Crippen molar-refractivity contribution in [2.75, 3.05) is 50.0 Å². The summed E-state index contributed by atoms with van der Waals surface area (Å²) in [6.45, 7) is 2.05. The minimum atomic E-state index is -4.66. The van der Waals surface area contributed by atoms with E-state index >= 15 is 0 Å². The van der Waals surface area contributed by atoms with Crippen molar-refractivity contribution in [3.8, 4) is 0 Å². The SMILES string of the molecule is O=C(Nc1ccc(CN2CCN(CCF)CC2)c(C(F)(F)F)c1)Nc1ccc(B(O)O)cc1F. The van der Waals surface area contributed by atoms with Gasteiger partial charge in [0.15, 0.2) is 0 Å². The van der Waals surface area contributed by atoms with E-state index in [4.69, 9.17) is 10.0 Å². The molecule has 0 unspecified atom stereocenters. The molecule has 4 N–H and O–H groups in total. The molecule has 1 aliphatic rings. The Hall–Kier alpha value is -2.74. The standard InChI is InChI=1S/C21H24BF5N4O3/c23-5-6-30-7-9-31(10-8-30)13-14-1-3-16(12-17(14)21(25,26)27)28-20(32)29-19-4-2-15(22(33)34)11-18(19)24/h1-4,11-12,33-34H,5-10,13H2,(H2,28,29,32). The zero-order chi connectivity index (χ0) is 24.9.